The highest BCUT2D eigenvalue weighted by atomic mass is 16.5. The lowest BCUT2D eigenvalue weighted by Gasteiger charge is -2.60. The van der Waals surface area contributed by atoms with Crippen LogP contribution in [0.25, 0.3) is 0 Å². The number of aryl methyl sites for hydroxylation is 2. The summed E-state index contributed by atoms with van der Waals surface area (Å²) in [6.45, 7) is 3.98. The van der Waals surface area contributed by atoms with Gasteiger partial charge in [-0.1, -0.05) is 0 Å². The Morgan fingerprint density at radius 2 is 1.18 bits per heavy atom. The van der Waals surface area contributed by atoms with E-state index in [0.717, 1.165) is 54.7 Å². The van der Waals surface area contributed by atoms with Crippen LogP contribution in [0.1, 0.15) is 49.7 Å². The third-order valence-corrected chi connectivity index (χ3v) is 6.92. The number of hydrogen-bond donors (Lipinski definition) is 2. The Balaban J connectivity index is 1.45. The van der Waals surface area contributed by atoms with Gasteiger partial charge in [-0.25, -0.2) is 0 Å². The molecule has 4 heteroatoms. The number of rotatable bonds is 4. The second-order valence-corrected chi connectivity index (χ2v) is 9.43. The fraction of sp³-hybridized carbons (Fsp3) is 0.500. The molecule has 0 heterocycles. The molecule has 0 spiro atoms. The van der Waals surface area contributed by atoms with Crippen molar-refractivity contribution in [3.05, 3.63) is 47.5 Å². The van der Waals surface area contributed by atoms with E-state index in [1.165, 1.54) is 6.42 Å². The predicted molar refractivity (Wildman–Crippen MR) is 107 cm³/mol. The molecule has 0 atom stereocenters. The van der Waals surface area contributed by atoms with Crippen molar-refractivity contribution in [1.82, 2.24) is 0 Å². The minimum absolute atomic E-state index is 0.184. The Hall–Kier alpha value is -2.36. The molecule has 0 aromatic heterocycles. The Morgan fingerprint density at radius 3 is 1.57 bits per heavy atom. The maximum absolute atomic E-state index is 9.72. The Morgan fingerprint density at radius 1 is 0.750 bits per heavy atom. The summed E-state index contributed by atoms with van der Waals surface area (Å²) < 4.78 is 13.4. The van der Waals surface area contributed by atoms with E-state index >= 15 is 0 Å². The molecule has 4 saturated carbocycles. The van der Waals surface area contributed by atoms with Gasteiger partial charge < -0.3 is 19.7 Å². The Bertz CT molecular complexity index is 833. The third-order valence-electron chi connectivity index (χ3n) is 6.92. The van der Waals surface area contributed by atoms with E-state index in [1.54, 1.807) is 24.3 Å². The standard InChI is InChI=1S/C24H28O4/c1-15-7-19(25)3-5-21(15)27-23-10-17-9-18(11-23)13-24(12-17,14-23)28-22-6-4-20(26)8-16(22)2/h3-8,17-18,25-26H,9-14H2,1-2H3. The number of benzene rings is 2. The molecule has 0 aliphatic heterocycles. The van der Waals surface area contributed by atoms with Crippen molar-refractivity contribution in [3.63, 3.8) is 0 Å². The van der Waals surface area contributed by atoms with Gasteiger partial charge in [0.2, 0.25) is 0 Å². The Kier molecular flexibility index (Phi) is 3.84. The molecule has 2 aromatic carbocycles. The number of aromatic hydroxyl groups is 2. The van der Waals surface area contributed by atoms with Gasteiger partial charge in [-0.15, -0.1) is 0 Å². The molecular formula is C24H28O4. The van der Waals surface area contributed by atoms with Crippen LogP contribution in [0.2, 0.25) is 0 Å². The highest BCUT2D eigenvalue weighted by molar-refractivity contribution is 5.40. The van der Waals surface area contributed by atoms with Crippen LogP contribution in [0.4, 0.5) is 0 Å². The lowest BCUT2D eigenvalue weighted by molar-refractivity contribution is -0.177. The molecule has 148 valence electrons. The van der Waals surface area contributed by atoms with Crippen molar-refractivity contribution in [1.29, 1.82) is 0 Å². The fourth-order valence-corrected chi connectivity index (χ4v) is 6.30. The molecule has 4 nitrogen and oxygen atoms in total. The lowest BCUT2D eigenvalue weighted by atomic mass is 9.52. The molecule has 0 saturated heterocycles. The van der Waals surface area contributed by atoms with E-state index in [9.17, 15) is 10.2 Å². The van der Waals surface area contributed by atoms with Crippen LogP contribution in [0.15, 0.2) is 36.4 Å². The minimum atomic E-state index is -0.184. The van der Waals surface area contributed by atoms with Gasteiger partial charge in [0, 0.05) is 6.42 Å². The van der Waals surface area contributed by atoms with E-state index in [-0.39, 0.29) is 22.7 Å². The molecule has 4 bridgehead atoms. The van der Waals surface area contributed by atoms with Crippen molar-refractivity contribution in [3.8, 4) is 23.0 Å². The first-order valence-corrected chi connectivity index (χ1v) is 10.3. The summed E-state index contributed by atoms with van der Waals surface area (Å²) in [5, 5.41) is 19.4. The van der Waals surface area contributed by atoms with Gasteiger partial charge in [-0.3, -0.25) is 0 Å². The zero-order valence-electron chi connectivity index (χ0n) is 16.6. The molecular weight excluding hydrogens is 352 g/mol. The SMILES string of the molecule is Cc1cc(O)ccc1OC12CC3CC(C1)CC(Oc1ccc(O)cc1C)(C3)C2. The van der Waals surface area contributed by atoms with Crippen LogP contribution in [-0.2, 0) is 0 Å². The highest BCUT2D eigenvalue weighted by Crippen LogP contribution is 2.60. The summed E-state index contributed by atoms with van der Waals surface area (Å²) in [5.41, 5.74) is 1.58. The zero-order chi connectivity index (χ0) is 19.5. The van der Waals surface area contributed by atoms with Gasteiger partial charge in [0.1, 0.15) is 34.2 Å². The van der Waals surface area contributed by atoms with Gasteiger partial charge in [0.25, 0.3) is 0 Å². The lowest BCUT2D eigenvalue weighted by Crippen LogP contribution is -2.63. The summed E-state index contributed by atoms with van der Waals surface area (Å²) in [6.07, 6.45) is 6.52. The van der Waals surface area contributed by atoms with Crippen molar-refractivity contribution in [2.45, 2.75) is 63.6 Å². The van der Waals surface area contributed by atoms with Gasteiger partial charge in [0.15, 0.2) is 0 Å². The second kappa shape index (κ2) is 6.07. The zero-order valence-corrected chi connectivity index (χ0v) is 16.6. The summed E-state index contributed by atoms with van der Waals surface area (Å²) in [5.74, 6) is 3.56. The molecule has 4 aliphatic carbocycles. The molecule has 2 N–H and O–H groups in total. The van der Waals surface area contributed by atoms with Crippen LogP contribution in [0.5, 0.6) is 23.0 Å². The molecule has 4 aliphatic rings. The minimum Gasteiger partial charge on any atom is -0.508 e. The normalized spacial score (nSPS) is 33.1. The molecule has 6 rings (SSSR count). The highest BCUT2D eigenvalue weighted by Gasteiger charge is 2.60. The predicted octanol–water partition coefficient (Wildman–Crippen LogP) is 5.26. The molecule has 0 unspecified atom stereocenters. The topological polar surface area (TPSA) is 58.9 Å². The van der Waals surface area contributed by atoms with E-state index in [4.69, 9.17) is 9.47 Å². The van der Waals surface area contributed by atoms with Crippen LogP contribution in [0, 0.1) is 25.7 Å². The van der Waals surface area contributed by atoms with E-state index in [0.29, 0.717) is 11.8 Å². The monoisotopic (exact) mass is 380 g/mol. The largest absolute Gasteiger partial charge is 0.508 e. The first-order valence-electron chi connectivity index (χ1n) is 10.3. The summed E-state index contributed by atoms with van der Waals surface area (Å²) >= 11 is 0. The van der Waals surface area contributed by atoms with Crippen LogP contribution in [0.3, 0.4) is 0 Å². The molecule has 2 aromatic rings. The fourth-order valence-electron chi connectivity index (χ4n) is 6.30. The van der Waals surface area contributed by atoms with Crippen molar-refractivity contribution in [2.24, 2.45) is 11.8 Å². The van der Waals surface area contributed by atoms with Gasteiger partial charge >= 0.3 is 0 Å². The smallest absolute Gasteiger partial charge is 0.123 e. The molecule has 4 fully saturated rings. The summed E-state index contributed by atoms with van der Waals surface area (Å²) in [7, 11) is 0. The van der Waals surface area contributed by atoms with Crippen molar-refractivity contribution < 1.29 is 19.7 Å². The third kappa shape index (κ3) is 2.99. The quantitative estimate of drug-likeness (QED) is 0.759. The van der Waals surface area contributed by atoms with Crippen molar-refractivity contribution >= 4 is 0 Å². The number of ether oxygens (including phenoxy) is 2. The maximum Gasteiger partial charge on any atom is 0.123 e. The second-order valence-electron chi connectivity index (χ2n) is 9.43. The van der Waals surface area contributed by atoms with Crippen LogP contribution in [-0.4, -0.2) is 21.4 Å². The molecule has 28 heavy (non-hydrogen) atoms. The van der Waals surface area contributed by atoms with Gasteiger partial charge in [-0.2, -0.15) is 0 Å². The van der Waals surface area contributed by atoms with Crippen molar-refractivity contribution in [2.75, 3.05) is 0 Å². The van der Waals surface area contributed by atoms with Gasteiger partial charge in [-0.05, 0) is 105 Å². The number of phenols is 2. The van der Waals surface area contributed by atoms with Crippen LogP contribution >= 0.6 is 0 Å². The Labute approximate surface area is 166 Å². The number of hydrogen-bond acceptors (Lipinski definition) is 4. The molecule has 0 radical (unpaired) electrons. The maximum atomic E-state index is 9.72. The molecule has 0 amide bonds. The van der Waals surface area contributed by atoms with E-state index < -0.39 is 0 Å². The summed E-state index contributed by atoms with van der Waals surface area (Å²) in [4.78, 5) is 0. The van der Waals surface area contributed by atoms with Crippen LogP contribution < -0.4 is 9.47 Å². The van der Waals surface area contributed by atoms with E-state index in [1.807, 2.05) is 26.0 Å². The van der Waals surface area contributed by atoms with E-state index in [2.05, 4.69) is 0 Å². The average molecular weight is 380 g/mol. The number of phenolic OH excluding ortho intramolecular Hbond substituents is 2. The van der Waals surface area contributed by atoms with Gasteiger partial charge in [0.05, 0.1) is 0 Å². The first-order chi connectivity index (χ1) is 13.3. The first kappa shape index (κ1) is 17.7. The average Bonchev–Trinajstić information content (AvgIpc) is 2.59. The summed E-state index contributed by atoms with van der Waals surface area (Å²) in [6, 6.07) is 10.7.